The van der Waals surface area contributed by atoms with E-state index in [1.165, 1.54) is 6.92 Å². The standard InChI is InChI=1S/C10H18N2O4/c1-6(13)8(10(15)16)12-9(14)7-4-2-3-5-11-7/h6-8,11,13H,2-5H2,1H3,(H,12,14)(H,15,16)/t6-,7-,8+/m1/s1. The third-order valence-corrected chi connectivity index (χ3v) is 2.67. The highest BCUT2D eigenvalue weighted by Gasteiger charge is 2.28. The van der Waals surface area contributed by atoms with E-state index in [0.717, 1.165) is 19.4 Å². The first-order valence-corrected chi connectivity index (χ1v) is 5.47. The van der Waals surface area contributed by atoms with Gasteiger partial charge in [0.05, 0.1) is 12.1 Å². The van der Waals surface area contributed by atoms with Gasteiger partial charge < -0.3 is 20.8 Å². The van der Waals surface area contributed by atoms with E-state index in [-0.39, 0.29) is 11.9 Å². The first-order valence-electron chi connectivity index (χ1n) is 5.47. The summed E-state index contributed by atoms with van der Waals surface area (Å²) in [5, 5.41) is 23.4. The van der Waals surface area contributed by atoms with Gasteiger partial charge in [-0.25, -0.2) is 4.79 Å². The van der Waals surface area contributed by atoms with Crippen molar-refractivity contribution in [3.05, 3.63) is 0 Å². The minimum atomic E-state index is -1.24. The summed E-state index contributed by atoms with van der Waals surface area (Å²) in [6.45, 7) is 2.11. The van der Waals surface area contributed by atoms with Crippen molar-refractivity contribution in [2.75, 3.05) is 6.54 Å². The summed E-state index contributed by atoms with van der Waals surface area (Å²) in [5.74, 6) is -1.58. The number of piperidine rings is 1. The molecule has 92 valence electrons. The number of aliphatic hydroxyl groups excluding tert-OH is 1. The molecule has 16 heavy (non-hydrogen) atoms. The monoisotopic (exact) mass is 230 g/mol. The predicted molar refractivity (Wildman–Crippen MR) is 56.9 cm³/mol. The van der Waals surface area contributed by atoms with Crippen LogP contribution in [-0.2, 0) is 9.59 Å². The molecule has 3 atom stereocenters. The molecule has 1 heterocycles. The van der Waals surface area contributed by atoms with Crippen LogP contribution in [0.5, 0.6) is 0 Å². The highest BCUT2D eigenvalue weighted by atomic mass is 16.4. The summed E-state index contributed by atoms with van der Waals surface area (Å²) in [6.07, 6.45) is 1.59. The Morgan fingerprint density at radius 1 is 1.44 bits per heavy atom. The van der Waals surface area contributed by atoms with E-state index in [2.05, 4.69) is 10.6 Å². The van der Waals surface area contributed by atoms with Crippen molar-refractivity contribution in [1.82, 2.24) is 10.6 Å². The summed E-state index contributed by atoms with van der Waals surface area (Å²) in [5.41, 5.74) is 0. The normalized spacial score (nSPS) is 24.5. The van der Waals surface area contributed by atoms with Gasteiger partial charge in [0.1, 0.15) is 0 Å². The van der Waals surface area contributed by atoms with Crippen molar-refractivity contribution in [2.24, 2.45) is 0 Å². The minimum absolute atomic E-state index is 0.339. The van der Waals surface area contributed by atoms with Crippen LogP contribution in [-0.4, -0.2) is 46.8 Å². The number of rotatable bonds is 4. The smallest absolute Gasteiger partial charge is 0.328 e. The maximum absolute atomic E-state index is 11.7. The van der Waals surface area contributed by atoms with E-state index in [9.17, 15) is 14.7 Å². The molecule has 0 radical (unpaired) electrons. The third-order valence-electron chi connectivity index (χ3n) is 2.67. The third kappa shape index (κ3) is 3.46. The number of aliphatic hydroxyl groups is 1. The lowest BCUT2D eigenvalue weighted by atomic mass is 10.0. The average molecular weight is 230 g/mol. The molecule has 1 fully saturated rings. The SMILES string of the molecule is C[C@@H](O)[C@H](NC(=O)[C@H]1CCCCN1)C(=O)O. The Balaban J connectivity index is 2.50. The molecular weight excluding hydrogens is 212 g/mol. The molecule has 4 N–H and O–H groups in total. The first kappa shape index (κ1) is 12.9. The maximum Gasteiger partial charge on any atom is 0.328 e. The number of amides is 1. The Kier molecular flexibility index (Phi) is 4.70. The van der Waals surface area contributed by atoms with Crippen LogP contribution < -0.4 is 10.6 Å². The molecule has 0 aromatic rings. The van der Waals surface area contributed by atoms with Gasteiger partial charge in [-0.3, -0.25) is 4.79 Å². The molecule has 1 saturated heterocycles. The second kappa shape index (κ2) is 5.81. The lowest BCUT2D eigenvalue weighted by Gasteiger charge is -2.25. The lowest BCUT2D eigenvalue weighted by Crippen LogP contribution is -2.54. The number of hydrogen-bond acceptors (Lipinski definition) is 4. The Bertz CT molecular complexity index is 262. The van der Waals surface area contributed by atoms with E-state index in [1.54, 1.807) is 0 Å². The molecule has 1 amide bonds. The quantitative estimate of drug-likeness (QED) is 0.500. The van der Waals surface area contributed by atoms with Crippen LogP contribution in [0.15, 0.2) is 0 Å². The number of hydrogen-bond donors (Lipinski definition) is 4. The molecule has 0 aromatic heterocycles. The van der Waals surface area contributed by atoms with Crippen LogP contribution >= 0.6 is 0 Å². The van der Waals surface area contributed by atoms with Crippen LogP contribution in [0, 0.1) is 0 Å². The number of carbonyl (C=O) groups excluding carboxylic acids is 1. The molecule has 6 nitrogen and oxygen atoms in total. The van der Waals surface area contributed by atoms with Gasteiger partial charge in [0, 0.05) is 0 Å². The van der Waals surface area contributed by atoms with Crippen molar-refractivity contribution in [1.29, 1.82) is 0 Å². The van der Waals surface area contributed by atoms with Crippen LogP contribution in [0.2, 0.25) is 0 Å². The van der Waals surface area contributed by atoms with Gasteiger partial charge in [-0.2, -0.15) is 0 Å². The van der Waals surface area contributed by atoms with Gasteiger partial charge in [0.25, 0.3) is 0 Å². The Hall–Kier alpha value is -1.14. The predicted octanol–water partition coefficient (Wildman–Crippen LogP) is -0.921. The van der Waals surface area contributed by atoms with Crippen molar-refractivity contribution in [3.8, 4) is 0 Å². The molecule has 0 saturated carbocycles. The number of carboxylic acids is 1. The van der Waals surface area contributed by atoms with E-state index in [1.807, 2.05) is 0 Å². The number of aliphatic carboxylic acids is 1. The van der Waals surface area contributed by atoms with Gasteiger partial charge in [-0.1, -0.05) is 6.42 Å². The fourth-order valence-corrected chi connectivity index (χ4v) is 1.72. The van der Waals surface area contributed by atoms with Crippen LogP contribution in [0.1, 0.15) is 26.2 Å². The Morgan fingerprint density at radius 2 is 2.12 bits per heavy atom. The zero-order valence-corrected chi connectivity index (χ0v) is 9.27. The van der Waals surface area contributed by atoms with E-state index in [4.69, 9.17) is 5.11 Å². The van der Waals surface area contributed by atoms with Crippen molar-refractivity contribution in [3.63, 3.8) is 0 Å². The molecule has 1 aliphatic rings. The van der Waals surface area contributed by atoms with Crippen molar-refractivity contribution < 1.29 is 19.8 Å². The number of carboxylic acid groups (broad SMARTS) is 1. The van der Waals surface area contributed by atoms with Gasteiger partial charge >= 0.3 is 5.97 Å². The lowest BCUT2D eigenvalue weighted by molar-refractivity contribution is -0.145. The summed E-state index contributed by atoms with van der Waals surface area (Å²) in [7, 11) is 0. The van der Waals surface area contributed by atoms with Gasteiger partial charge in [0.2, 0.25) is 5.91 Å². The maximum atomic E-state index is 11.7. The fraction of sp³-hybridized carbons (Fsp3) is 0.800. The zero-order chi connectivity index (χ0) is 12.1. The molecule has 0 aliphatic carbocycles. The average Bonchev–Trinajstić information content (AvgIpc) is 2.25. The molecule has 0 unspecified atom stereocenters. The summed E-state index contributed by atoms with van der Waals surface area (Å²) in [4.78, 5) is 22.4. The topological polar surface area (TPSA) is 98.7 Å². The van der Waals surface area contributed by atoms with Gasteiger partial charge in [-0.05, 0) is 26.3 Å². The highest BCUT2D eigenvalue weighted by molar-refractivity contribution is 5.87. The molecule has 1 aliphatic heterocycles. The number of nitrogens with one attached hydrogen (secondary N) is 2. The summed E-state index contributed by atoms with van der Waals surface area (Å²) >= 11 is 0. The minimum Gasteiger partial charge on any atom is -0.480 e. The van der Waals surface area contributed by atoms with Crippen LogP contribution in [0.3, 0.4) is 0 Å². The van der Waals surface area contributed by atoms with Gasteiger partial charge in [-0.15, -0.1) is 0 Å². The summed E-state index contributed by atoms with van der Waals surface area (Å²) < 4.78 is 0. The second-order valence-electron chi connectivity index (χ2n) is 4.07. The second-order valence-corrected chi connectivity index (χ2v) is 4.07. The largest absolute Gasteiger partial charge is 0.480 e. The molecule has 0 aromatic carbocycles. The van der Waals surface area contributed by atoms with E-state index in [0.29, 0.717) is 6.42 Å². The van der Waals surface area contributed by atoms with Crippen molar-refractivity contribution in [2.45, 2.75) is 44.4 Å². The molecule has 6 heteroatoms. The molecule has 1 rings (SSSR count). The molecule has 0 bridgehead atoms. The molecular formula is C10H18N2O4. The van der Waals surface area contributed by atoms with Crippen molar-refractivity contribution >= 4 is 11.9 Å². The summed E-state index contributed by atoms with van der Waals surface area (Å²) in [6, 6.07) is -1.58. The Morgan fingerprint density at radius 3 is 2.56 bits per heavy atom. The zero-order valence-electron chi connectivity index (χ0n) is 9.27. The van der Waals surface area contributed by atoms with Gasteiger partial charge in [0.15, 0.2) is 6.04 Å². The van der Waals surface area contributed by atoms with E-state index < -0.39 is 18.1 Å². The Labute approximate surface area is 94.0 Å². The van der Waals surface area contributed by atoms with E-state index >= 15 is 0 Å². The fourth-order valence-electron chi connectivity index (χ4n) is 1.72. The van der Waals surface area contributed by atoms with Crippen LogP contribution in [0.25, 0.3) is 0 Å². The van der Waals surface area contributed by atoms with Crippen LogP contribution in [0.4, 0.5) is 0 Å². The number of carbonyl (C=O) groups is 2. The highest BCUT2D eigenvalue weighted by Crippen LogP contribution is 2.07. The molecule has 0 spiro atoms. The first-order chi connectivity index (χ1) is 7.52.